The highest BCUT2D eigenvalue weighted by Gasteiger charge is 2.38. The van der Waals surface area contributed by atoms with Crippen molar-refractivity contribution in [3.8, 4) is 0 Å². The van der Waals surface area contributed by atoms with Crippen molar-refractivity contribution >= 4 is 28.1 Å². The molecule has 0 aromatic heterocycles. The van der Waals surface area contributed by atoms with E-state index in [9.17, 15) is 4.79 Å². The first-order valence-electron chi connectivity index (χ1n) is 6.81. The molecule has 0 saturated heterocycles. The molecule has 3 nitrogen and oxygen atoms in total. The fourth-order valence-electron chi connectivity index (χ4n) is 3.36. The van der Waals surface area contributed by atoms with Gasteiger partial charge in [-0.15, -0.1) is 0 Å². The third kappa shape index (κ3) is 2.89. The molecule has 1 aromatic carbocycles. The first kappa shape index (κ1) is 12.9. The van der Waals surface area contributed by atoms with Gasteiger partial charge < -0.3 is 0 Å². The molecular weight excluding hydrogens is 304 g/mol. The first-order valence-corrected chi connectivity index (χ1v) is 7.61. The third-order valence-corrected chi connectivity index (χ3v) is 4.80. The Labute approximate surface area is 121 Å². The zero-order chi connectivity index (χ0) is 13.2. The number of nitrogens with one attached hydrogen (secondary N) is 1. The Morgan fingerprint density at radius 3 is 2.95 bits per heavy atom. The molecule has 2 saturated carbocycles. The minimum absolute atomic E-state index is 0.152. The lowest BCUT2D eigenvalue weighted by molar-refractivity contribution is 0.0954. The molecule has 3 rings (SSSR count). The quantitative estimate of drug-likeness (QED) is 0.671. The van der Waals surface area contributed by atoms with Gasteiger partial charge in [-0.3, -0.25) is 4.79 Å². The average Bonchev–Trinajstić information content (AvgIpc) is 3.01. The van der Waals surface area contributed by atoms with Crippen LogP contribution < -0.4 is 5.43 Å². The molecule has 100 valence electrons. The van der Waals surface area contributed by atoms with Gasteiger partial charge in [-0.25, -0.2) is 5.43 Å². The second-order valence-electron chi connectivity index (χ2n) is 5.57. The van der Waals surface area contributed by atoms with Gasteiger partial charge in [0.05, 0.1) is 0 Å². The van der Waals surface area contributed by atoms with Crippen LogP contribution in [-0.2, 0) is 0 Å². The van der Waals surface area contributed by atoms with Crippen molar-refractivity contribution in [1.29, 1.82) is 0 Å². The van der Waals surface area contributed by atoms with E-state index in [4.69, 9.17) is 0 Å². The summed E-state index contributed by atoms with van der Waals surface area (Å²) in [6.07, 6.45) is 7.28. The van der Waals surface area contributed by atoms with Gasteiger partial charge in [-0.1, -0.05) is 28.4 Å². The van der Waals surface area contributed by atoms with E-state index >= 15 is 0 Å². The summed E-state index contributed by atoms with van der Waals surface area (Å²) >= 11 is 3.36. The van der Waals surface area contributed by atoms with Crippen LogP contribution in [0.3, 0.4) is 0 Å². The van der Waals surface area contributed by atoms with E-state index in [0.29, 0.717) is 11.5 Å². The Balaban J connectivity index is 1.56. The summed E-state index contributed by atoms with van der Waals surface area (Å²) in [6, 6.07) is 7.32. The standard InChI is InChI=1S/C15H17BrN2O/c16-14-3-1-2-12(8-14)15(19)18-17-9-13-7-10-4-5-11(13)6-10/h1-3,8-11,13H,4-7H2,(H,18,19)/b17-9-/t10-,11-,13+/m0/s1. The van der Waals surface area contributed by atoms with Crippen LogP contribution in [0.5, 0.6) is 0 Å². The number of halogens is 1. The number of benzene rings is 1. The van der Waals surface area contributed by atoms with Crippen molar-refractivity contribution in [2.75, 3.05) is 0 Å². The molecular formula is C15H17BrN2O. The van der Waals surface area contributed by atoms with E-state index in [1.807, 2.05) is 18.3 Å². The second-order valence-corrected chi connectivity index (χ2v) is 6.48. The van der Waals surface area contributed by atoms with Crippen LogP contribution in [0.25, 0.3) is 0 Å². The lowest BCUT2D eigenvalue weighted by Crippen LogP contribution is -2.20. The van der Waals surface area contributed by atoms with Crippen molar-refractivity contribution in [2.45, 2.75) is 25.7 Å². The van der Waals surface area contributed by atoms with Crippen molar-refractivity contribution in [3.05, 3.63) is 34.3 Å². The molecule has 0 aliphatic heterocycles. The van der Waals surface area contributed by atoms with Crippen LogP contribution in [0.2, 0.25) is 0 Å². The number of carbonyl (C=O) groups is 1. The highest BCUT2D eigenvalue weighted by atomic mass is 79.9. The Morgan fingerprint density at radius 2 is 2.26 bits per heavy atom. The van der Waals surface area contributed by atoms with Gasteiger partial charge in [0, 0.05) is 16.3 Å². The summed E-state index contributed by atoms with van der Waals surface area (Å²) in [5.74, 6) is 2.13. The predicted octanol–water partition coefficient (Wildman–Crippen LogP) is 3.60. The van der Waals surface area contributed by atoms with Gasteiger partial charge in [0.1, 0.15) is 0 Å². The van der Waals surface area contributed by atoms with Crippen molar-refractivity contribution < 1.29 is 4.79 Å². The first-order chi connectivity index (χ1) is 9.22. The van der Waals surface area contributed by atoms with Gasteiger partial charge in [0.15, 0.2) is 0 Å². The minimum Gasteiger partial charge on any atom is -0.267 e. The Kier molecular flexibility index (Phi) is 3.69. The maximum absolute atomic E-state index is 11.9. The summed E-state index contributed by atoms with van der Waals surface area (Å²) in [5, 5.41) is 4.14. The van der Waals surface area contributed by atoms with Crippen LogP contribution in [0.1, 0.15) is 36.0 Å². The number of rotatable bonds is 3. The topological polar surface area (TPSA) is 41.5 Å². The van der Waals surface area contributed by atoms with Gasteiger partial charge in [0.2, 0.25) is 0 Å². The molecule has 1 aromatic rings. The van der Waals surface area contributed by atoms with E-state index in [0.717, 1.165) is 16.3 Å². The molecule has 3 atom stereocenters. The van der Waals surface area contributed by atoms with Crippen LogP contribution in [0, 0.1) is 17.8 Å². The van der Waals surface area contributed by atoms with Crippen LogP contribution in [0.4, 0.5) is 0 Å². The zero-order valence-electron chi connectivity index (χ0n) is 10.7. The minimum atomic E-state index is -0.152. The molecule has 0 spiro atoms. The molecule has 0 heterocycles. The Bertz CT molecular complexity index is 515. The summed E-state index contributed by atoms with van der Waals surface area (Å²) in [4.78, 5) is 11.9. The molecule has 19 heavy (non-hydrogen) atoms. The molecule has 2 aliphatic carbocycles. The molecule has 2 aliphatic rings. The lowest BCUT2D eigenvalue weighted by atomic mass is 9.90. The van der Waals surface area contributed by atoms with Gasteiger partial charge >= 0.3 is 0 Å². The SMILES string of the molecule is O=C(N/N=C\[C@H]1C[C@H]2CC[C@H]1C2)c1cccc(Br)c1. The number of nitrogens with zero attached hydrogens (tertiary/aromatic N) is 1. The fraction of sp³-hybridized carbons (Fsp3) is 0.467. The van der Waals surface area contributed by atoms with E-state index in [2.05, 4.69) is 26.5 Å². The number of hydrogen-bond acceptors (Lipinski definition) is 2. The highest BCUT2D eigenvalue weighted by molar-refractivity contribution is 9.10. The van der Waals surface area contributed by atoms with E-state index in [1.54, 1.807) is 12.1 Å². The number of amides is 1. The highest BCUT2D eigenvalue weighted by Crippen LogP contribution is 2.47. The van der Waals surface area contributed by atoms with Crippen molar-refractivity contribution in [2.24, 2.45) is 22.9 Å². The number of fused-ring (bicyclic) bond motifs is 2. The van der Waals surface area contributed by atoms with Gasteiger partial charge in [-0.2, -0.15) is 5.10 Å². The molecule has 4 heteroatoms. The Hall–Kier alpha value is -1.16. The summed E-state index contributed by atoms with van der Waals surface area (Å²) in [6.45, 7) is 0. The number of carbonyl (C=O) groups excluding carboxylic acids is 1. The predicted molar refractivity (Wildman–Crippen MR) is 79.0 cm³/mol. The lowest BCUT2D eigenvalue weighted by Gasteiger charge is -2.16. The van der Waals surface area contributed by atoms with E-state index in [-0.39, 0.29) is 5.91 Å². The van der Waals surface area contributed by atoms with E-state index < -0.39 is 0 Å². The molecule has 1 amide bonds. The third-order valence-electron chi connectivity index (χ3n) is 4.31. The van der Waals surface area contributed by atoms with Crippen molar-refractivity contribution in [1.82, 2.24) is 5.43 Å². The summed E-state index contributed by atoms with van der Waals surface area (Å²) in [5.41, 5.74) is 3.25. The number of hydrogen-bond donors (Lipinski definition) is 1. The maximum Gasteiger partial charge on any atom is 0.271 e. The van der Waals surface area contributed by atoms with Crippen molar-refractivity contribution in [3.63, 3.8) is 0 Å². The monoisotopic (exact) mass is 320 g/mol. The van der Waals surface area contributed by atoms with E-state index in [1.165, 1.54) is 25.7 Å². The van der Waals surface area contributed by atoms with Crippen LogP contribution >= 0.6 is 15.9 Å². The smallest absolute Gasteiger partial charge is 0.267 e. The fourth-order valence-corrected chi connectivity index (χ4v) is 3.76. The molecule has 0 unspecified atom stereocenters. The average molecular weight is 321 g/mol. The second kappa shape index (κ2) is 5.45. The van der Waals surface area contributed by atoms with Gasteiger partial charge in [0.25, 0.3) is 5.91 Å². The summed E-state index contributed by atoms with van der Waals surface area (Å²) in [7, 11) is 0. The number of hydrazone groups is 1. The van der Waals surface area contributed by atoms with Crippen LogP contribution in [-0.4, -0.2) is 12.1 Å². The molecule has 2 fully saturated rings. The molecule has 2 bridgehead atoms. The Morgan fingerprint density at radius 1 is 1.37 bits per heavy atom. The molecule has 0 radical (unpaired) electrons. The van der Waals surface area contributed by atoms with Gasteiger partial charge in [-0.05, 0) is 55.2 Å². The van der Waals surface area contributed by atoms with Crippen LogP contribution in [0.15, 0.2) is 33.8 Å². The maximum atomic E-state index is 11.9. The molecule has 1 N–H and O–H groups in total. The summed E-state index contributed by atoms with van der Waals surface area (Å²) < 4.78 is 0.900. The largest absolute Gasteiger partial charge is 0.271 e. The normalized spacial score (nSPS) is 29.0. The zero-order valence-corrected chi connectivity index (χ0v) is 12.3.